The molecule has 0 amide bonds. The van der Waals surface area contributed by atoms with Gasteiger partial charge in [0.25, 0.3) is 0 Å². The summed E-state index contributed by atoms with van der Waals surface area (Å²) in [4.78, 5) is 0. The quantitative estimate of drug-likeness (QED) is 0.511. The molecule has 1 unspecified atom stereocenters. The fraction of sp³-hybridized carbons (Fsp3) is 0.200. The molecule has 2 aromatic rings. The zero-order valence-electron chi connectivity index (χ0n) is 11.3. The van der Waals surface area contributed by atoms with Crippen molar-refractivity contribution in [3.05, 3.63) is 55.4 Å². The lowest BCUT2D eigenvalue weighted by molar-refractivity contribution is 0.354. The zero-order chi connectivity index (χ0) is 15.6. The number of ether oxygens (including phenoxy) is 2. The van der Waals surface area contributed by atoms with Gasteiger partial charge in [0.2, 0.25) is 0 Å². The minimum Gasteiger partial charge on any atom is -0.493 e. The molecule has 2 rings (SSSR count). The van der Waals surface area contributed by atoms with Crippen molar-refractivity contribution in [3.8, 4) is 11.5 Å². The molecule has 0 aliphatic carbocycles. The Labute approximate surface area is 150 Å². The molecule has 0 saturated carbocycles. The Balaban J connectivity index is 2.52. The number of alkyl halides is 1. The first kappa shape index (κ1) is 16.9. The molecule has 2 nitrogen and oxygen atoms in total. The van der Waals surface area contributed by atoms with Crippen molar-refractivity contribution in [3.63, 3.8) is 0 Å². The summed E-state index contributed by atoms with van der Waals surface area (Å²) >= 11 is 19.8. The van der Waals surface area contributed by atoms with E-state index in [9.17, 15) is 0 Å². The first-order valence-electron chi connectivity index (χ1n) is 5.98. The van der Waals surface area contributed by atoms with E-state index in [4.69, 9.17) is 32.7 Å². The predicted octanol–water partition coefficient (Wildman–Crippen LogP) is 6.21. The highest BCUT2D eigenvalue weighted by atomic mass is 79.9. The summed E-state index contributed by atoms with van der Waals surface area (Å²) in [6.07, 6.45) is 0. The van der Waals surface area contributed by atoms with Crippen molar-refractivity contribution in [1.82, 2.24) is 0 Å². The molecule has 0 N–H and O–H groups in total. The number of methoxy groups -OCH3 is 2. The Hall–Kier alpha value is -0.420. The third-order valence-electron chi connectivity index (χ3n) is 3.01. The van der Waals surface area contributed by atoms with Gasteiger partial charge in [-0.3, -0.25) is 0 Å². The second-order valence-electron chi connectivity index (χ2n) is 4.26. The standard InChI is InChI=1S/C15H12Br2Cl2O2/c1-20-13-6-9(11(17)7-14(13)21-2)15(19)10-5-8(16)3-4-12(10)18/h3-7,15H,1-2H3. The van der Waals surface area contributed by atoms with Gasteiger partial charge in [0.15, 0.2) is 11.5 Å². The highest BCUT2D eigenvalue weighted by molar-refractivity contribution is 9.10. The van der Waals surface area contributed by atoms with E-state index in [1.165, 1.54) is 0 Å². The van der Waals surface area contributed by atoms with Crippen LogP contribution in [0.5, 0.6) is 11.5 Å². The fourth-order valence-electron chi connectivity index (χ4n) is 1.94. The maximum atomic E-state index is 6.61. The van der Waals surface area contributed by atoms with Crippen LogP contribution in [0.1, 0.15) is 16.5 Å². The molecule has 112 valence electrons. The zero-order valence-corrected chi connectivity index (χ0v) is 16.0. The van der Waals surface area contributed by atoms with Crippen LogP contribution in [0.2, 0.25) is 5.02 Å². The lowest BCUT2D eigenvalue weighted by atomic mass is 10.0. The summed E-state index contributed by atoms with van der Waals surface area (Å²) < 4.78 is 12.3. The van der Waals surface area contributed by atoms with Gasteiger partial charge in [0, 0.05) is 14.0 Å². The molecule has 21 heavy (non-hydrogen) atoms. The normalized spacial score (nSPS) is 12.1. The van der Waals surface area contributed by atoms with Crippen molar-refractivity contribution in [2.75, 3.05) is 14.2 Å². The monoisotopic (exact) mass is 452 g/mol. The largest absolute Gasteiger partial charge is 0.493 e. The minimum atomic E-state index is -0.413. The van der Waals surface area contributed by atoms with Gasteiger partial charge in [-0.15, -0.1) is 11.6 Å². The van der Waals surface area contributed by atoms with E-state index in [-0.39, 0.29) is 0 Å². The van der Waals surface area contributed by atoms with E-state index >= 15 is 0 Å². The molecule has 1 atom stereocenters. The molecule has 0 aliphatic heterocycles. The summed E-state index contributed by atoms with van der Waals surface area (Å²) in [5.41, 5.74) is 1.68. The lowest BCUT2D eigenvalue weighted by Gasteiger charge is -2.17. The molecule has 0 heterocycles. The molecule has 0 bridgehead atoms. The first-order chi connectivity index (χ1) is 9.97. The summed E-state index contributed by atoms with van der Waals surface area (Å²) in [7, 11) is 3.18. The van der Waals surface area contributed by atoms with Crippen LogP contribution in [0.4, 0.5) is 0 Å². The van der Waals surface area contributed by atoms with E-state index in [2.05, 4.69) is 31.9 Å². The average molecular weight is 455 g/mol. The molecule has 2 aromatic carbocycles. The minimum absolute atomic E-state index is 0.413. The van der Waals surface area contributed by atoms with Gasteiger partial charge in [0.1, 0.15) is 0 Å². The number of halogens is 4. The van der Waals surface area contributed by atoms with Crippen molar-refractivity contribution in [1.29, 1.82) is 0 Å². The van der Waals surface area contributed by atoms with E-state index < -0.39 is 5.38 Å². The summed E-state index contributed by atoms with van der Waals surface area (Å²) in [6, 6.07) is 9.26. The Morgan fingerprint density at radius 3 is 2.19 bits per heavy atom. The molecule has 0 aromatic heterocycles. The van der Waals surface area contributed by atoms with Gasteiger partial charge in [-0.25, -0.2) is 0 Å². The lowest BCUT2D eigenvalue weighted by Crippen LogP contribution is -1.99. The van der Waals surface area contributed by atoms with Crippen molar-refractivity contribution < 1.29 is 9.47 Å². The van der Waals surface area contributed by atoms with E-state index in [0.717, 1.165) is 20.1 Å². The van der Waals surface area contributed by atoms with Crippen LogP contribution in [-0.2, 0) is 0 Å². The second kappa shape index (κ2) is 7.23. The molecule has 0 radical (unpaired) electrons. The highest BCUT2D eigenvalue weighted by Crippen LogP contribution is 2.42. The summed E-state index contributed by atoms with van der Waals surface area (Å²) in [5.74, 6) is 1.25. The van der Waals surface area contributed by atoms with Crippen LogP contribution in [-0.4, -0.2) is 14.2 Å². The molecule has 0 spiro atoms. The maximum absolute atomic E-state index is 6.61. The molecule has 0 fully saturated rings. The van der Waals surface area contributed by atoms with Crippen molar-refractivity contribution in [2.45, 2.75) is 5.38 Å². The van der Waals surface area contributed by atoms with Crippen LogP contribution in [0.3, 0.4) is 0 Å². The van der Waals surface area contributed by atoms with E-state index in [1.54, 1.807) is 14.2 Å². The Bertz CT molecular complexity index is 662. The first-order valence-corrected chi connectivity index (χ1v) is 8.38. The molecule has 6 heteroatoms. The SMILES string of the molecule is COc1cc(Br)c(C(Cl)c2cc(Br)ccc2Cl)cc1OC. The third-order valence-corrected chi connectivity index (χ3v) is 5.00. The summed E-state index contributed by atoms with van der Waals surface area (Å²) in [5, 5.41) is 0.198. The van der Waals surface area contributed by atoms with Crippen LogP contribution >= 0.6 is 55.1 Å². The van der Waals surface area contributed by atoms with Gasteiger partial charge in [-0.2, -0.15) is 0 Å². The number of rotatable bonds is 4. The third kappa shape index (κ3) is 3.67. The van der Waals surface area contributed by atoms with Gasteiger partial charge in [0.05, 0.1) is 19.6 Å². The Kier molecular flexibility index (Phi) is 5.83. The smallest absolute Gasteiger partial charge is 0.161 e. The molecule has 0 aliphatic rings. The molecular weight excluding hydrogens is 443 g/mol. The van der Waals surface area contributed by atoms with Gasteiger partial charge in [-0.1, -0.05) is 43.5 Å². The Morgan fingerprint density at radius 2 is 1.57 bits per heavy atom. The van der Waals surface area contributed by atoms with Gasteiger partial charge >= 0.3 is 0 Å². The van der Waals surface area contributed by atoms with Crippen LogP contribution < -0.4 is 9.47 Å². The van der Waals surface area contributed by atoms with Crippen LogP contribution in [0.15, 0.2) is 39.3 Å². The Morgan fingerprint density at radius 1 is 0.952 bits per heavy atom. The highest BCUT2D eigenvalue weighted by Gasteiger charge is 2.20. The predicted molar refractivity (Wildman–Crippen MR) is 94.1 cm³/mol. The second-order valence-corrected chi connectivity index (χ2v) is 6.87. The fourth-order valence-corrected chi connectivity index (χ4v) is 3.65. The van der Waals surface area contributed by atoms with Crippen molar-refractivity contribution in [2.24, 2.45) is 0 Å². The summed E-state index contributed by atoms with van der Waals surface area (Å²) in [6.45, 7) is 0. The number of hydrogen-bond acceptors (Lipinski definition) is 2. The van der Waals surface area contributed by atoms with E-state index in [1.807, 2.05) is 30.3 Å². The van der Waals surface area contributed by atoms with E-state index in [0.29, 0.717) is 16.5 Å². The van der Waals surface area contributed by atoms with Crippen molar-refractivity contribution >= 4 is 55.1 Å². The molecule has 0 saturated heterocycles. The number of hydrogen-bond donors (Lipinski definition) is 0. The number of benzene rings is 2. The van der Waals surface area contributed by atoms with Crippen LogP contribution in [0, 0.1) is 0 Å². The molecular formula is C15H12Br2Cl2O2. The maximum Gasteiger partial charge on any atom is 0.161 e. The van der Waals surface area contributed by atoms with Gasteiger partial charge < -0.3 is 9.47 Å². The average Bonchev–Trinajstić information content (AvgIpc) is 2.48. The van der Waals surface area contributed by atoms with Crippen LogP contribution in [0.25, 0.3) is 0 Å². The van der Waals surface area contributed by atoms with Gasteiger partial charge in [-0.05, 0) is 41.5 Å². The topological polar surface area (TPSA) is 18.5 Å².